The lowest BCUT2D eigenvalue weighted by atomic mass is 9.96. The number of hydrogen-bond donors (Lipinski definition) is 2. The van der Waals surface area contributed by atoms with Crippen molar-refractivity contribution in [1.82, 2.24) is 25.0 Å². The van der Waals surface area contributed by atoms with E-state index < -0.39 is 0 Å². The molecular formula is C19H28N6O2. The van der Waals surface area contributed by atoms with Crippen LogP contribution in [0.3, 0.4) is 0 Å². The minimum Gasteiger partial charge on any atom is -0.355 e. The molecule has 1 aliphatic heterocycles. The minimum atomic E-state index is -0.189. The van der Waals surface area contributed by atoms with E-state index in [2.05, 4.69) is 15.4 Å². The van der Waals surface area contributed by atoms with Crippen LogP contribution in [-0.2, 0) is 4.79 Å². The number of likely N-dealkylation sites (tertiary alicyclic amines) is 1. The molecule has 8 heteroatoms. The number of pyridine rings is 1. The molecule has 0 spiro atoms. The average molecular weight is 372 g/mol. The molecule has 1 atom stereocenters. The highest BCUT2D eigenvalue weighted by atomic mass is 16.2. The maximum Gasteiger partial charge on any atom is 0.254 e. The average Bonchev–Trinajstić information content (AvgIpc) is 3.08. The Morgan fingerprint density at radius 2 is 2.19 bits per heavy atom. The third-order valence-corrected chi connectivity index (χ3v) is 4.94. The van der Waals surface area contributed by atoms with E-state index in [0.29, 0.717) is 31.7 Å². The van der Waals surface area contributed by atoms with Crippen molar-refractivity contribution < 1.29 is 9.59 Å². The van der Waals surface area contributed by atoms with E-state index in [4.69, 9.17) is 5.73 Å². The van der Waals surface area contributed by atoms with Crippen molar-refractivity contribution in [2.75, 3.05) is 26.2 Å². The summed E-state index contributed by atoms with van der Waals surface area (Å²) in [5.74, 6) is -0.280. The molecule has 2 aromatic heterocycles. The molecule has 1 saturated heterocycles. The molecule has 3 heterocycles. The smallest absolute Gasteiger partial charge is 0.254 e. The molecule has 0 aliphatic carbocycles. The first-order valence-electron chi connectivity index (χ1n) is 9.54. The number of fused-ring (bicyclic) bond motifs is 1. The Hall–Kier alpha value is -2.48. The summed E-state index contributed by atoms with van der Waals surface area (Å²) in [7, 11) is 0. The van der Waals surface area contributed by atoms with E-state index in [0.717, 1.165) is 29.6 Å². The van der Waals surface area contributed by atoms with E-state index in [1.807, 2.05) is 31.5 Å². The summed E-state index contributed by atoms with van der Waals surface area (Å²) in [5.41, 5.74) is 7.56. The largest absolute Gasteiger partial charge is 0.355 e. The second kappa shape index (κ2) is 8.04. The lowest BCUT2D eigenvalue weighted by Crippen LogP contribution is -2.46. The van der Waals surface area contributed by atoms with Crippen LogP contribution < -0.4 is 11.1 Å². The Morgan fingerprint density at radius 3 is 2.89 bits per heavy atom. The SMILES string of the molecule is Cc1cc(C(=O)N2CCCC(C(=O)NCCN)C2)c2cnn(C(C)C)c2n1. The van der Waals surface area contributed by atoms with Gasteiger partial charge in [-0.2, -0.15) is 5.10 Å². The van der Waals surface area contributed by atoms with Crippen LogP contribution in [0.25, 0.3) is 11.0 Å². The fourth-order valence-electron chi connectivity index (χ4n) is 3.58. The molecule has 0 aromatic carbocycles. The van der Waals surface area contributed by atoms with E-state index in [9.17, 15) is 9.59 Å². The van der Waals surface area contributed by atoms with Crippen LogP contribution in [0.2, 0.25) is 0 Å². The molecule has 0 radical (unpaired) electrons. The van der Waals surface area contributed by atoms with Crippen LogP contribution in [0.1, 0.15) is 48.8 Å². The van der Waals surface area contributed by atoms with Crippen LogP contribution in [0.5, 0.6) is 0 Å². The molecule has 1 fully saturated rings. The summed E-state index contributed by atoms with van der Waals surface area (Å²) >= 11 is 0. The Morgan fingerprint density at radius 1 is 1.41 bits per heavy atom. The first kappa shape index (κ1) is 19.3. The summed E-state index contributed by atoms with van der Waals surface area (Å²) in [4.78, 5) is 31.9. The van der Waals surface area contributed by atoms with Crippen molar-refractivity contribution in [2.45, 2.75) is 39.7 Å². The van der Waals surface area contributed by atoms with E-state index in [-0.39, 0.29) is 23.8 Å². The van der Waals surface area contributed by atoms with E-state index >= 15 is 0 Å². The molecule has 146 valence electrons. The molecule has 3 rings (SSSR count). The number of piperidine rings is 1. The molecule has 0 bridgehead atoms. The van der Waals surface area contributed by atoms with E-state index in [1.54, 1.807) is 11.1 Å². The van der Waals surface area contributed by atoms with Gasteiger partial charge in [0.2, 0.25) is 5.91 Å². The van der Waals surface area contributed by atoms with Gasteiger partial charge in [0.1, 0.15) is 0 Å². The van der Waals surface area contributed by atoms with Gasteiger partial charge in [0.05, 0.1) is 23.1 Å². The maximum atomic E-state index is 13.2. The van der Waals surface area contributed by atoms with Crippen molar-refractivity contribution in [2.24, 2.45) is 11.7 Å². The zero-order valence-corrected chi connectivity index (χ0v) is 16.2. The topological polar surface area (TPSA) is 106 Å². The predicted molar refractivity (Wildman–Crippen MR) is 103 cm³/mol. The van der Waals surface area contributed by atoms with Crippen LogP contribution >= 0.6 is 0 Å². The van der Waals surface area contributed by atoms with Gasteiger partial charge in [0.25, 0.3) is 5.91 Å². The lowest BCUT2D eigenvalue weighted by molar-refractivity contribution is -0.126. The van der Waals surface area contributed by atoms with Crippen LogP contribution in [0.15, 0.2) is 12.3 Å². The number of amides is 2. The Labute approximate surface area is 159 Å². The number of nitrogens with one attached hydrogen (secondary N) is 1. The standard InChI is InChI=1S/C19H28N6O2/c1-12(2)25-17-16(10-22-25)15(9-13(3)23-17)19(27)24-8-4-5-14(11-24)18(26)21-7-6-20/h9-10,12,14H,4-8,11,20H2,1-3H3,(H,21,26). The molecule has 0 saturated carbocycles. The Balaban J connectivity index is 1.86. The molecular weight excluding hydrogens is 344 g/mol. The van der Waals surface area contributed by atoms with Crippen molar-refractivity contribution in [1.29, 1.82) is 0 Å². The van der Waals surface area contributed by atoms with Crippen molar-refractivity contribution in [3.63, 3.8) is 0 Å². The Kier molecular flexibility index (Phi) is 5.74. The molecule has 1 unspecified atom stereocenters. The zero-order valence-electron chi connectivity index (χ0n) is 16.2. The normalized spacial score (nSPS) is 17.5. The first-order chi connectivity index (χ1) is 12.9. The molecule has 2 aromatic rings. The second-order valence-corrected chi connectivity index (χ2v) is 7.40. The van der Waals surface area contributed by atoms with Gasteiger partial charge in [0, 0.05) is 37.9 Å². The Bertz CT molecular complexity index is 844. The fraction of sp³-hybridized carbons (Fsp3) is 0.579. The van der Waals surface area contributed by atoms with Gasteiger partial charge in [0.15, 0.2) is 5.65 Å². The van der Waals surface area contributed by atoms with Gasteiger partial charge in [-0.3, -0.25) is 9.59 Å². The quantitative estimate of drug-likeness (QED) is 0.821. The number of nitrogens with two attached hydrogens (primary N) is 1. The molecule has 27 heavy (non-hydrogen) atoms. The van der Waals surface area contributed by atoms with Crippen molar-refractivity contribution in [3.05, 3.63) is 23.5 Å². The highest BCUT2D eigenvalue weighted by molar-refractivity contribution is 6.05. The van der Waals surface area contributed by atoms with Gasteiger partial charge in [-0.15, -0.1) is 0 Å². The van der Waals surface area contributed by atoms with E-state index in [1.165, 1.54) is 0 Å². The van der Waals surface area contributed by atoms with Gasteiger partial charge in [-0.25, -0.2) is 9.67 Å². The first-order valence-corrected chi connectivity index (χ1v) is 9.54. The van der Waals surface area contributed by atoms with Crippen molar-refractivity contribution >= 4 is 22.8 Å². The van der Waals surface area contributed by atoms with Crippen LogP contribution in [-0.4, -0.2) is 57.7 Å². The highest BCUT2D eigenvalue weighted by Crippen LogP contribution is 2.25. The fourth-order valence-corrected chi connectivity index (χ4v) is 3.58. The number of aryl methyl sites for hydroxylation is 1. The minimum absolute atomic E-state index is 0.0263. The second-order valence-electron chi connectivity index (χ2n) is 7.40. The summed E-state index contributed by atoms with van der Waals surface area (Å²) < 4.78 is 1.83. The maximum absolute atomic E-state index is 13.2. The van der Waals surface area contributed by atoms with Gasteiger partial charge in [-0.05, 0) is 39.7 Å². The number of aromatic nitrogens is 3. The predicted octanol–water partition coefficient (Wildman–Crippen LogP) is 1.25. The third-order valence-electron chi connectivity index (χ3n) is 4.94. The third kappa shape index (κ3) is 3.95. The zero-order chi connectivity index (χ0) is 19.6. The number of carbonyl (C=O) groups excluding carboxylic acids is 2. The van der Waals surface area contributed by atoms with Gasteiger partial charge < -0.3 is 16.0 Å². The van der Waals surface area contributed by atoms with Gasteiger partial charge in [-0.1, -0.05) is 0 Å². The van der Waals surface area contributed by atoms with Crippen LogP contribution in [0.4, 0.5) is 0 Å². The summed E-state index contributed by atoms with van der Waals surface area (Å²) in [6.07, 6.45) is 3.31. The van der Waals surface area contributed by atoms with Crippen molar-refractivity contribution in [3.8, 4) is 0 Å². The number of rotatable bonds is 5. The summed E-state index contributed by atoms with van der Waals surface area (Å²) in [6, 6.07) is 1.97. The summed E-state index contributed by atoms with van der Waals surface area (Å²) in [6.45, 7) is 7.90. The monoisotopic (exact) mass is 372 g/mol. The lowest BCUT2D eigenvalue weighted by Gasteiger charge is -2.32. The van der Waals surface area contributed by atoms with Gasteiger partial charge >= 0.3 is 0 Å². The number of carbonyl (C=O) groups is 2. The highest BCUT2D eigenvalue weighted by Gasteiger charge is 2.30. The number of nitrogens with zero attached hydrogens (tertiary/aromatic N) is 4. The molecule has 8 nitrogen and oxygen atoms in total. The molecule has 3 N–H and O–H groups in total. The molecule has 1 aliphatic rings. The van der Waals surface area contributed by atoms with Crippen LogP contribution in [0, 0.1) is 12.8 Å². The molecule has 2 amide bonds. The summed E-state index contributed by atoms with van der Waals surface area (Å²) in [5, 5.41) is 8.00. The number of hydrogen-bond acceptors (Lipinski definition) is 5.